The molecule has 21 heavy (non-hydrogen) atoms. The Hall–Kier alpha value is -1.46. The highest BCUT2D eigenvalue weighted by Crippen LogP contribution is 2.15. The van der Waals surface area contributed by atoms with Crippen molar-refractivity contribution in [1.29, 1.82) is 0 Å². The first-order valence-corrected chi connectivity index (χ1v) is 8.52. The predicted molar refractivity (Wildman–Crippen MR) is 91.1 cm³/mol. The molecule has 2 aromatic rings. The van der Waals surface area contributed by atoms with Gasteiger partial charge in [0.25, 0.3) is 0 Å². The summed E-state index contributed by atoms with van der Waals surface area (Å²) < 4.78 is 5.92. The van der Waals surface area contributed by atoms with Crippen molar-refractivity contribution in [2.45, 2.75) is 5.75 Å². The first-order valence-electron chi connectivity index (χ1n) is 6.57. The van der Waals surface area contributed by atoms with E-state index in [1.165, 1.54) is 11.6 Å². The fourth-order valence-electron chi connectivity index (χ4n) is 1.65. The van der Waals surface area contributed by atoms with Gasteiger partial charge >= 0.3 is 0 Å². The highest BCUT2D eigenvalue weighted by atomic mass is 79.9. The Balaban J connectivity index is 1.60. The van der Waals surface area contributed by atoms with Crippen molar-refractivity contribution in [3.05, 3.63) is 64.5 Å². The monoisotopic (exact) mass is 365 g/mol. The molecular formula is C16H16BrNO2S. The molecular weight excluding hydrogens is 350 g/mol. The molecule has 0 bridgehead atoms. The van der Waals surface area contributed by atoms with Crippen LogP contribution in [0.4, 0.5) is 0 Å². The maximum atomic E-state index is 11.6. The summed E-state index contributed by atoms with van der Waals surface area (Å²) in [7, 11) is 0. The number of thioether (sulfide) groups is 1. The molecule has 2 rings (SSSR count). The molecule has 0 spiro atoms. The molecule has 0 aliphatic rings. The second kappa shape index (κ2) is 8.74. The second-order valence-electron chi connectivity index (χ2n) is 4.30. The first kappa shape index (κ1) is 15.9. The van der Waals surface area contributed by atoms with E-state index in [0.717, 1.165) is 11.5 Å². The Labute approximate surface area is 136 Å². The van der Waals surface area contributed by atoms with Gasteiger partial charge in [-0.3, -0.25) is 4.79 Å². The van der Waals surface area contributed by atoms with Crippen LogP contribution in [0.5, 0.6) is 0 Å². The average Bonchev–Trinajstić information content (AvgIpc) is 2.91. The zero-order valence-corrected chi connectivity index (χ0v) is 13.8. The number of benzene rings is 1. The molecule has 0 aliphatic carbocycles. The Bertz CT molecular complexity index is 595. The van der Waals surface area contributed by atoms with Crippen molar-refractivity contribution >= 4 is 39.7 Å². The summed E-state index contributed by atoms with van der Waals surface area (Å²) in [5.41, 5.74) is 1.30. The number of carbonyl (C=O) groups is 1. The molecule has 0 fully saturated rings. The van der Waals surface area contributed by atoms with E-state index in [9.17, 15) is 4.79 Å². The number of furan rings is 1. The van der Waals surface area contributed by atoms with E-state index in [2.05, 4.69) is 33.4 Å². The molecule has 1 aromatic heterocycles. The van der Waals surface area contributed by atoms with Crippen LogP contribution in [0, 0.1) is 0 Å². The van der Waals surface area contributed by atoms with Gasteiger partial charge in [0, 0.05) is 24.1 Å². The fourth-order valence-corrected chi connectivity index (χ4v) is 2.78. The number of amides is 1. The van der Waals surface area contributed by atoms with Gasteiger partial charge in [-0.25, -0.2) is 0 Å². The van der Waals surface area contributed by atoms with Crippen molar-refractivity contribution in [3.8, 4) is 0 Å². The van der Waals surface area contributed by atoms with Crippen LogP contribution in [0.3, 0.4) is 0 Å². The zero-order chi connectivity index (χ0) is 14.9. The van der Waals surface area contributed by atoms with Crippen LogP contribution in [0.1, 0.15) is 11.3 Å². The van der Waals surface area contributed by atoms with Crippen molar-refractivity contribution in [2.24, 2.45) is 0 Å². The summed E-state index contributed by atoms with van der Waals surface area (Å²) in [4.78, 5) is 11.6. The normalized spacial score (nSPS) is 10.9. The Kier molecular flexibility index (Phi) is 6.63. The lowest BCUT2D eigenvalue weighted by Crippen LogP contribution is -2.23. The van der Waals surface area contributed by atoms with Crippen LogP contribution in [-0.4, -0.2) is 18.2 Å². The average molecular weight is 366 g/mol. The topological polar surface area (TPSA) is 42.2 Å². The summed E-state index contributed by atoms with van der Waals surface area (Å²) >= 11 is 5.02. The van der Waals surface area contributed by atoms with E-state index in [4.69, 9.17) is 4.42 Å². The van der Waals surface area contributed by atoms with Crippen molar-refractivity contribution < 1.29 is 9.21 Å². The molecule has 0 radical (unpaired) electrons. The number of nitrogens with one attached hydrogen (secondary N) is 1. The molecule has 0 aliphatic heterocycles. The number of hydrogen-bond donors (Lipinski definition) is 1. The minimum Gasteiger partial charge on any atom is -0.450 e. The number of rotatable bonds is 7. The molecule has 1 aromatic carbocycles. The standard InChI is InChI=1S/C16H16BrNO2S/c17-15-8-6-14(20-15)7-9-16(19)18-10-11-21-12-13-4-2-1-3-5-13/h1-9H,10-12H2,(H,18,19)/b9-7+. The van der Waals surface area contributed by atoms with Crippen LogP contribution in [0.2, 0.25) is 0 Å². The number of halogens is 1. The quantitative estimate of drug-likeness (QED) is 0.593. The van der Waals surface area contributed by atoms with Crippen LogP contribution >= 0.6 is 27.7 Å². The number of carbonyl (C=O) groups excluding carboxylic acids is 1. The minimum absolute atomic E-state index is 0.108. The van der Waals surface area contributed by atoms with Gasteiger partial charge in [-0.15, -0.1) is 0 Å². The van der Waals surface area contributed by atoms with E-state index in [1.807, 2.05) is 18.2 Å². The third kappa shape index (κ3) is 6.23. The van der Waals surface area contributed by atoms with Gasteiger partial charge in [-0.1, -0.05) is 30.3 Å². The molecule has 1 amide bonds. The highest BCUT2D eigenvalue weighted by Gasteiger charge is 1.98. The van der Waals surface area contributed by atoms with E-state index in [0.29, 0.717) is 17.0 Å². The molecule has 3 nitrogen and oxygen atoms in total. The van der Waals surface area contributed by atoms with E-state index in [1.54, 1.807) is 30.0 Å². The van der Waals surface area contributed by atoms with Crippen LogP contribution in [0.25, 0.3) is 6.08 Å². The van der Waals surface area contributed by atoms with Gasteiger partial charge in [-0.2, -0.15) is 11.8 Å². The Morgan fingerprint density at radius 2 is 2.05 bits per heavy atom. The molecule has 110 valence electrons. The zero-order valence-electron chi connectivity index (χ0n) is 11.4. The lowest BCUT2D eigenvalue weighted by atomic mass is 10.2. The molecule has 0 unspecified atom stereocenters. The van der Waals surface area contributed by atoms with Crippen LogP contribution in [-0.2, 0) is 10.5 Å². The van der Waals surface area contributed by atoms with Gasteiger partial charge < -0.3 is 9.73 Å². The first-order chi connectivity index (χ1) is 10.2. The van der Waals surface area contributed by atoms with Crippen molar-refractivity contribution in [2.75, 3.05) is 12.3 Å². The van der Waals surface area contributed by atoms with Gasteiger partial charge in [0.1, 0.15) is 5.76 Å². The summed E-state index contributed by atoms with van der Waals surface area (Å²) in [6, 6.07) is 13.9. The highest BCUT2D eigenvalue weighted by molar-refractivity contribution is 9.10. The lowest BCUT2D eigenvalue weighted by molar-refractivity contribution is -0.116. The third-order valence-corrected chi connectivity index (χ3v) is 4.11. The fraction of sp³-hybridized carbons (Fsp3) is 0.188. The van der Waals surface area contributed by atoms with Crippen molar-refractivity contribution in [1.82, 2.24) is 5.32 Å². The van der Waals surface area contributed by atoms with E-state index >= 15 is 0 Å². The summed E-state index contributed by atoms with van der Waals surface area (Å²) in [5.74, 6) is 2.40. The summed E-state index contributed by atoms with van der Waals surface area (Å²) in [5, 5.41) is 2.85. The molecule has 1 heterocycles. The number of hydrogen-bond acceptors (Lipinski definition) is 3. The summed E-state index contributed by atoms with van der Waals surface area (Å²) in [6.45, 7) is 0.655. The van der Waals surface area contributed by atoms with Gasteiger partial charge in [0.15, 0.2) is 4.67 Å². The van der Waals surface area contributed by atoms with Crippen LogP contribution in [0.15, 0.2) is 57.6 Å². The second-order valence-corrected chi connectivity index (χ2v) is 6.19. The van der Waals surface area contributed by atoms with E-state index < -0.39 is 0 Å². The lowest BCUT2D eigenvalue weighted by Gasteiger charge is -2.03. The largest absolute Gasteiger partial charge is 0.450 e. The van der Waals surface area contributed by atoms with Gasteiger partial charge in [0.2, 0.25) is 5.91 Å². The predicted octanol–water partition coefficient (Wildman–Crippen LogP) is 4.10. The molecule has 5 heteroatoms. The SMILES string of the molecule is O=C(/C=C/c1ccc(Br)o1)NCCSCc1ccccc1. The minimum atomic E-state index is -0.108. The molecule has 1 N–H and O–H groups in total. The molecule has 0 saturated carbocycles. The van der Waals surface area contributed by atoms with Gasteiger partial charge in [-0.05, 0) is 39.7 Å². The van der Waals surface area contributed by atoms with Gasteiger partial charge in [0.05, 0.1) is 0 Å². The molecule has 0 saturated heterocycles. The maximum Gasteiger partial charge on any atom is 0.244 e. The van der Waals surface area contributed by atoms with E-state index in [-0.39, 0.29) is 5.91 Å². The van der Waals surface area contributed by atoms with Crippen molar-refractivity contribution in [3.63, 3.8) is 0 Å². The molecule has 0 atom stereocenters. The Morgan fingerprint density at radius 1 is 1.24 bits per heavy atom. The van der Waals surface area contributed by atoms with Crippen LogP contribution < -0.4 is 5.32 Å². The summed E-state index contributed by atoms with van der Waals surface area (Å²) in [6.07, 6.45) is 3.13. The third-order valence-electron chi connectivity index (χ3n) is 2.65. The maximum absolute atomic E-state index is 11.6. The Morgan fingerprint density at radius 3 is 2.76 bits per heavy atom. The smallest absolute Gasteiger partial charge is 0.244 e.